The summed E-state index contributed by atoms with van der Waals surface area (Å²) in [6, 6.07) is 0. The Labute approximate surface area is 100 Å². The molecular formula is C14H16O3. The minimum Gasteiger partial charge on any atom is -0.456 e. The topological polar surface area (TPSA) is 46.5 Å². The highest BCUT2D eigenvalue weighted by Gasteiger charge is 2.63. The molecule has 3 nitrogen and oxygen atoms in total. The zero-order valence-electron chi connectivity index (χ0n) is 9.58. The van der Waals surface area contributed by atoms with Crippen molar-refractivity contribution in [3.63, 3.8) is 0 Å². The summed E-state index contributed by atoms with van der Waals surface area (Å²) in [5.41, 5.74) is -0.619. The molecule has 5 aliphatic rings. The number of hydrogen-bond donors (Lipinski definition) is 1. The Kier molecular flexibility index (Phi) is 1.76. The predicted octanol–water partition coefficient (Wildman–Crippen LogP) is 1.43. The smallest absolute Gasteiger partial charge is 0.306 e. The van der Waals surface area contributed by atoms with Crippen LogP contribution in [-0.4, -0.2) is 22.8 Å². The molecule has 5 rings (SSSR count). The molecule has 3 heteroatoms. The van der Waals surface area contributed by atoms with Crippen molar-refractivity contribution in [2.45, 2.75) is 31.0 Å². The van der Waals surface area contributed by atoms with E-state index in [2.05, 4.69) is 24.3 Å². The minimum atomic E-state index is -0.619. The Balaban J connectivity index is 1.81. The number of hydrogen-bond acceptors (Lipinski definition) is 3. The summed E-state index contributed by atoms with van der Waals surface area (Å²) in [6.45, 7) is 0. The first-order valence-electron chi connectivity index (χ1n) is 6.47. The zero-order chi connectivity index (χ0) is 11.6. The number of ether oxygens (including phenoxy) is 1. The van der Waals surface area contributed by atoms with Gasteiger partial charge >= 0.3 is 5.97 Å². The van der Waals surface area contributed by atoms with E-state index in [1.807, 2.05) is 0 Å². The lowest BCUT2D eigenvalue weighted by Crippen LogP contribution is -2.61. The maximum Gasteiger partial charge on any atom is 0.306 e. The van der Waals surface area contributed by atoms with Crippen molar-refractivity contribution >= 4 is 5.97 Å². The summed E-state index contributed by atoms with van der Waals surface area (Å²) in [7, 11) is 0. The van der Waals surface area contributed by atoms with E-state index in [0.29, 0.717) is 24.7 Å². The Morgan fingerprint density at radius 2 is 2.18 bits per heavy atom. The zero-order valence-corrected chi connectivity index (χ0v) is 9.58. The lowest BCUT2D eigenvalue weighted by Gasteiger charge is -2.54. The van der Waals surface area contributed by atoms with Gasteiger partial charge in [0.2, 0.25) is 0 Å². The standard InChI is InChI=1S/C14H16O3/c15-12-6-7-14(17-12)11-5-4-10(13(14)16)8-2-1-3-9(8)11/h1,3-5,8-11,13,16H,2,6-7H2/t8-,9+,10-,11+,13+,14+/m0/s1. The summed E-state index contributed by atoms with van der Waals surface area (Å²) < 4.78 is 5.57. The van der Waals surface area contributed by atoms with Crippen LogP contribution in [0.3, 0.4) is 0 Å². The van der Waals surface area contributed by atoms with E-state index in [1.54, 1.807) is 0 Å². The van der Waals surface area contributed by atoms with Gasteiger partial charge in [0.05, 0.1) is 0 Å². The fourth-order valence-corrected chi connectivity index (χ4v) is 4.42. The van der Waals surface area contributed by atoms with Gasteiger partial charge in [0.1, 0.15) is 11.7 Å². The quantitative estimate of drug-likeness (QED) is 0.507. The molecule has 1 N–H and O–H groups in total. The summed E-state index contributed by atoms with van der Waals surface area (Å²) in [5, 5.41) is 10.6. The fourth-order valence-electron chi connectivity index (χ4n) is 4.42. The molecule has 0 amide bonds. The van der Waals surface area contributed by atoms with E-state index in [1.165, 1.54) is 0 Å². The monoisotopic (exact) mass is 232 g/mol. The van der Waals surface area contributed by atoms with E-state index in [0.717, 1.165) is 6.42 Å². The number of carbonyl (C=O) groups is 1. The molecule has 4 aliphatic carbocycles. The second-order valence-corrected chi connectivity index (χ2v) is 5.77. The van der Waals surface area contributed by atoms with Gasteiger partial charge in [-0.25, -0.2) is 0 Å². The molecule has 1 saturated carbocycles. The fraction of sp³-hybridized carbons (Fsp3) is 0.643. The molecule has 0 aromatic carbocycles. The predicted molar refractivity (Wildman–Crippen MR) is 60.9 cm³/mol. The molecule has 17 heavy (non-hydrogen) atoms. The Hall–Kier alpha value is -1.09. The lowest BCUT2D eigenvalue weighted by atomic mass is 9.54. The number of carbonyl (C=O) groups excluding carboxylic acids is 1. The van der Waals surface area contributed by atoms with E-state index in [-0.39, 0.29) is 17.8 Å². The first-order chi connectivity index (χ1) is 8.22. The van der Waals surface area contributed by atoms with Crippen molar-refractivity contribution in [3.05, 3.63) is 24.3 Å². The van der Waals surface area contributed by atoms with Gasteiger partial charge in [-0.05, 0) is 18.3 Å². The molecular weight excluding hydrogens is 216 g/mol. The highest BCUT2D eigenvalue weighted by Crippen LogP contribution is 2.58. The van der Waals surface area contributed by atoms with Crippen LogP contribution in [0.2, 0.25) is 0 Å². The molecule has 6 atom stereocenters. The minimum absolute atomic E-state index is 0.150. The summed E-state index contributed by atoms with van der Waals surface area (Å²) in [4.78, 5) is 11.5. The summed E-state index contributed by atoms with van der Waals surface area (Å²) in [5.74, 6) is 1.16. The molecule has 1 saturated heterocycles. The molecule has 0 aromatic heterocycles. The van der Waals surface area contributed by atoms with Gasteiger partial charge in [-0.15, -0.1) is 0 Å². The first-order valence-corrected chi connectivity index (χ1v) is 6.47. The third kappa shape index (κ3) is 1.04. The SMILES string of the molecule is O=C1CC[C@]2(O1)[C@H](O)[C@H]1C=C[C@@H]2[C@@H]2C=CC[C@@H]21. The van der Waals surface area contributed by atoms with E-state index >= 15 is 0 Å². The van der Waals surface area contributed by atoms with Crippen molar-refractivity contribution in [1.82, 2.24) is 0 Å². The van der Waals surface area contributed by atoms with Crippen LogP contribution in [0.5, 0.6) is 0 Å². The normalized spacial score (nSPS) is 54.4. The summed E-state index contributed by atoms with van der Waals surface area (Å²) in [6.07, 6.45) is 10.5. The van der Waals surface area contributed by atoms with Gasteiger partial charge in [0.25, 0.3) is 0 Å². The Morgan fingerprint density at radius 1 is 1.29 bits per heavy atom. The van der Waals surface area contributed by atoms with Gasteiger partial charge in [-0.3, -0.25) is 4.79 Å². The third-order valence-corrected chi connectivity index (χ3v) is 5.16. The second kappa shape index (κ2) is 3.02. The van der Waals surface area contributed by atoms with Crippen LogP contribution in [0.1, 0.15) is 19.3 Å². The average Bonchev–Trinajstić information content (AvgIpc) is 2.93. The molecule has 2 bridgehead atoms. The number of allylic oxidation sites excluding steroid dienone is 2. The number of esters is 1. The molecule has 1 aliphatic heterocycles. The number of aliphatic hydroxyl groups excluding tert-OH is 1. The Bertz CT molecular complexity index is 439. The van der Waals surface area contributed by atoms with Crippen LogP contribution in [0.15, 0.2) is 24.3 Å². The van der Waals surface area contributed by atoms with E-state index < -0.39 is 11.7 Å². The molecule has 2 fully saturated rings. The van der Waals surface area contributed by atoms with Gasteiger partial charge in [-0.1, -0.05) is 24.3 Å². The van der Waals surface area contributed by atoms with E-state index in [9.17, 15) is 9.90 Å². The average molecular weight is 232 g/mol. The van der Waals surface area contributed by atoms with E-state index in [4.69, 9.17) is 4.74 Å². The van der Waals surface area contributed by atoms with Crippen LogP contribution < -0.4 is 0 Å². The van der Waals surface area contributed by atoms with Gasteiger partial charge in [0.15, 0.2) is 0 Å². The Morgan fingerprint density at radius 3 is 2.94 bits per heavy atom. The maximum absolute atomic E-state index is 11.5. The number of aliphatic hydroxyl groups is 1. The van der Waals surface area contributed by atoms with Gasteiger partial charge in [-0.2, -0.15) is 0 Å². The number of rotatable bonds is 0. The third-order valence-electron chi connectivity index (χ3n) is 5.16. The van der Waals surface area contributed by atoms with Crippen LogP contribution in [0.4, 0.5) is 0 Å². The van der Waals surface area contributed by atoms with Crippen LogP contribution in [0.25, 0.3) is 0 Å². The molecule has 0 radical (unpaired) electrons. The molecule has 0 aromatic rings. The maximum atomic E-state index is 11.5. The first kappa shape index (κ1) is 9.89. The highest BCUT2D eigenvalue weighted by atomic mass is 16.6. The summed E-state index contributed by atoms with van der Waals surface area (Å²) >= 11 is 0. The molecule has 0 unspecified atom stereocenters. The second-order valence-electron chi connectivity index (χ2n) is 5.77. The van der Waals surface area contributed by atoms with Crippen molar-refractivity contribution < 1.29 is 14.6 Å². The van der Waals surface area contributed by atoms with Crippen LogP contribution >= 0.6 is 0 Å². The van der Waals surface area contributed by atoms with Crippen molar-refractivity contribution in [3.8, 4) is 0 Å². The van der Waals surface area contributed by atoms with Crippen molar-refractivity contribution in [1.29, 1.82) is 0 Å². The van der Waals surface area contributed by atoms with Crippen LogP contribution in [-0.2, 0) is 9.53 Å². The van der Waals surface area contributed by atoms with Crippen LogP contribution in [0, 0.1) is 23.7 Å². The molecule has 90 valence electrons. The van der Waals surface area contributed by atoms with Crippen molar-refractivity contribution in [2.24, 2.45) is 23.7 Å². The molecule has 1 heterocycles. The highest BCUT2D eigenvalue weighted by molar-refractivity contribution is 5.72. The van der Waals surface area contributed by atoms with Gasteiger partial charge in [0, 0.05) is 24.7 Å². The lowest BCUT2D eigenvalue weighted by molar-refractivity contribution is -0.191. The largest absolute Gasteiger partial charge is 0.456 e. The molecule has 1 spiro atoms. The van der Waals surface area contributed by atoms with Crippen molar-refractivity contribution in [2.75, 3.05) is 0 Å². The van der Waals surface area contributed by atoms with Gasteiger partial charge < -0.3 is 9.84 Å².